The molecule has 1 aromatic carbocycles. The highest BCUT2D eigenvalue weighted by atomic mass is 35.5. The quantitative estimate of drug-likeness (QED) is 0.607. The summed E-state index contributed by atoms with van der Waals surface area (Å²) in [5.41, 5.74) is 5.29. The Morgan fingerprint density at radius 3 is 2.33 bits per heavy atom. The van der Waals surface area contributed by atoms with Crippen molar-refractivity contribution in [3.05, 3.63) is 30.3 Å². The summed E-state index contributed by atoms with van der Waals surface area (Å²) in [6, 6.07) is 9.22. The van der Waals surface area contributed by atoms with E-state index in [0.29, 0.717) is 5.75 Å². The summed E-state index contributed by atoms with van der Waals surface area (Å²) < 4.78 is 3.86. The summed E-state index contributed by atoms with van der Waals surface area (Å²) in [4.78, 5) is 0. The molecule has 0 fully saturated rings. The molecule has 0 atom stereocenters. The molecule has 1 rings (SSSR count). The normalized spacial score (nSPS) is 11.2. The van der Waals surface area contributed by atoms with Gasteiger partial charge in [0.2, 0.25) is 0 Å². The van der Waals surface area contributed by atoms with Crippen molar-refractivity contribution in [1.29, 1.82) is 0 Å². The maximum absolute atomic E-state index is 5.50. The lowest BCUT2D eigenvalue weighted by Crippen LogP contribution is -2.33. The zero-order valence-electron chi connectivity index (χ0n) is 6.34. The number of nitrogens with two attached hydrogens (primary N) is 1. The number of hydrogen-bond acceptors (Lipinski definition) is 2. The number of para-hydroxylation sites is 1. The van der Waals surface area contributed by atoms with Gasteiger partial charge in [0.05, 0.1) is 0 Å². The molecule has 0 aliphatic rings. The first-order valence-electron chi connectivity index (χ1n) is 3.42. The van der Waals surface area contributed by atoms with Crippen molar-refractivity contribution in [1.82, 2.24) is 0 Å². The average Bonchev–Trinajstić information content (AvgIpc) is 2.02. The molecule has 0 aromatic heterocycles. The van der Waals surface area contributed by atoms with E-state index < -0.39 is 4.46 Å². The second-order valence-electron chi connectivity index (χ2n) is 2.36. The lowest BCUT2D eigenvalue weighted by Gasteiger charge is -2.13. The van der Waals surface area contributed by atoms with Crippen LogP contribution in [0.15, 0.2) is 30.3 Å². The van der Waals surface area contributed by atoms with Crippen LogP contribution in [0.25, 0.3) is 0 Å². The van der Waals surface area contributed by atoms with Crippen LogP contribution in [0, 0.1) is 0 Å². The van der Waals surface area contributed by atoms with Crippen molar-refractivity contribution < 1.29 is 4.74 Å². The number of hydrogen-bond donors (Lipinski definition) is 1. The van der Waals surface area contributed by atoms with Gasteiger partial charge in [-0.05, 0) is 12.1 Å². The summed E-state index contributed by atoms with van der Waals surface area (Å²) in [6.07, 6.45) is 0. The molecule has 0 saturated heterocycles. The van der Waals surface area contributed by atoms with Crippen molar-refractivity contribution in [2.45, 2.75) is 4.46 Å². The molecule has 0 saturated carbocycles. The third-order valence-corrected chi connectivity index (χ3v) is 1.39. The van der Waals surface area contributed by atoms with Crippen LogP contribution in [0.3, 0.4) is 0 Å². The largest absolute Gasteiger partial charge is 0.489 e. The first-order chi connectivity index (χ1) is 5.58. The maximum atomic E-state index is 5.50. The lowest BCUT2D eigenvalue weighted by atomic mass is 10.3. The predicted octanol–water partition coefficient (Wildman–Crippen LogP) is 2.16. The molecule has 0 aliphatic carbocycles. The number of alkyl halides is 2. The minimum Gasteiger partial charge on any atom is -0.489 e. The highest BCUT2D eigenvalue weighted by molar-refractivity contribution is 6.48. The SMILES string of the molecule is NC(Cl)(Cl)COc1ccccc1. The third-order valence-electron chi connectivity index (χ3n) is 1.17. The van der Waals surface area contributed by atoms with E-state index in [1.807, 2.05) is 18.2 Å². The van der Waals surface area contributed by atoms with Gasteiger partial charge < -0.3 is 4.74 Å². The van der Waals surface area contributed by atoms with E-state index in [1.165, 1.54) is 0 Å². The summed E-state index contributed by atoms with van der Waals surface area (Å²) in [5.74, 6) is 0.702. The van der Waals surface area contributed by atoms with Crippen LogP contribution in [0.4, 0.5) is 0 Å². The molecule has 4 heteroatoms. The molecule has 12 heavy (non-hydrogen) atoms. The minimum absolute atomic E-state index is 0.0696. The molecule has 0 amide bonds. The van der Waals surface area contributed by atoms with Gasteiger partial charge in [0.25, 0.3) is 0 Å². The molecule has 2 N–H and O–H groups in total. The second-order valence-corrected chi connectivity index (χ2v) is 3.91. The van der Waals surface area contributed by atoms with Crippen LogP contribution in [-0.4, -0.2) is 11.1 Å². The monoisotopic (exact) mass is 205 g/mol. The van der Waals surface area contributed by atoms with Gasteiger partial charge in [-0.1, -0.05) is 41.4 Å². The molecule has 0 bridgehead atoms. The topological polar surface area (TPSA) is 35.2 Å². The average molecular weight is 206 g/mol. The van der Waals surface area contributed by atoms with Gasteiger partial charge in [-0.2, -0.15) is 0 Å². The molecule has 0 radical (unpaired) electrons. The van der Waals surface area contributed by atoms with E-state index in [4.69, 9.17) is 33.7 Å². The minimum atomic E-state index is -1.32. The highest BCUT2D eigenvalue weighted by Crippen LogP contribution is 2.16. The van der Waals surface area contributed by atoms with E-state index in [-0.39, 0.29) is 6.61 Å². The fourth-order valence-electron chi connectivity index (χ4n) is 0.696. The van der Waals surface area contributed by atoms with Gasteiger partial charge in [0, 0.05) is 0 Å². The van der Waals surface area contributed by atoms with Gasteiger partial charge in [-0.3, -0.25) is 5.73 Å². The first-order valence-corrected chi connectivity index (χ1v) is 4.18. The molecule has 0 unspecified atom stereocenters. The Hall–Kier alpha value is -0.440. The number of halogens is 2. The van der Waals surface area contributed by atoms with Gasteiger partial charge >= 0.3 is 0 Å². The molecule has 0 aliphatic heterocycles. The molecule has 1 aromatic rings. The van der Waals surface area contributed by atoms with E-state index in [2.05, 4.69) is 0 Å². The molecule has 66 valence electrons. The maximum Gasteiger partial charge on any atom is 0.200 e. The van der Waals surface area contributed by atoms with Crippen LogP contribution in [0.2, 0.25) is 0 Å². The van der Waals surface area contributed by atoms with Crippen molar-refractivity contribution in [3.8, 4) is 5.75 Å². The zero-order chi connectivity index (χ0) is 9.03. The molecular formula is C8H9Cl2NO. The standard InChI is InChI=1S/C8H9Cl2NO/c9-8(10,11)6-12-7-4-2-1-3-5-7/h1-5H,6,11H2. The van der Waals surface area contributed by atoms with Gasteiger partial charge in [-0.15, -0.1) is 0 Å². The van der Waals surface area contributed by atoms with Crippen molar-refractivity contribution in [2.24, 2.45) is 5.73 Å². The Labute approximate surface area is 81.2 Å². The summed E-state index contributed by atoms with van der Waals surface area (Å²) in [5, 5.41) is 0. The summed E-state index contributed by atoms with van der Waals surface area (Å²) >= 11 is 11.0. The number of benzene rings is 1. The predicted molar refractivity (Wildman–Crippen MR) is 50.6 cm³/mol. The lowest BCUT2D eigenvalue weighted by molar-refractivity contribution is 0.304. The molecular weight excluding hydrogens is 197 g/mol. The van der Waals surface area contributed by atoms with Gasteiger partial charge in [-0.25, -0.2) is 0 Å². The first kappa shape index (κ1) is 9.65. The summed E-state index contributed by atoms with van der Waals surface area (Å²) in [6.45, 7) is 0.0696. The number of rotatable bonds is 3. The van der Waals surface area contributed by atoms with Gasteiger partial charge in [0.15, 0.2) is 4.46 Å². The van der Waals surface area contributed by atoms with Crippen LogP contribution in [0.1, 0.15) is 0 Å². The fourth-order valence-corrected chi connectivity index (χ4v) is 0.805. The highest BCUT2D eigenvalue weighted by Gasteiger charge is 2.17. The van der Waals surface area contributed by atoms with E-state index in [9.17, 15) is 0 Å². The second kappa shape index (κ2) is 3.99. The Kier molecular flexibility index (Phi) is 3.20. The smallest absolute Gasteiger partial charge is 0.200 e. The van der Waals surface area contributed by atoms with E-state index in [0.717, 1.165) is 0 Å². The summed E-state index contributed by atoms with van der Waals surface area (Å²) in [7, 11) is 0. The van der Waals surface area contributed by atoms with E-state index in [1.54, 1.807) is 12.1 Å². The van der Waals surface area contributed by atoms with Crippen LogP contribution in [0.5, 0.6) is 5.75 Å². The van der Waals surface area contributed by atoms with E-state index >= 15 is 0 Å². The Balaban J connectivity index is 2.44. The van der Waals surface area contributed by atoms with Gasteiger partial charge in [0.1, 0.15) is 12.4 Å². The van der Waals surface area contributed by atoms with Crippen LogP contribution < -0.4 is 10.5 Å². The van der Waals surface area contributed by atoms with Crippen molar-refractivity contribution >= 4 is 23.2 Å². The van der Waals surface area contributed by atoms with Crippen LogP contribution >= 0.6 is 23.2 Å². The number of ether oxygens (including phenoxy) is 1. The molecule has 0 heterocycles. The van der Waals surface area contributed by atoms with Crippen molar-refractivity contribution in [3.63, 3.8) is 0 Å². The third kappa shape index (κ3) is 3.81. The molecule has 0 spiro atoms. The fraction of sp³-hybridized carbons (Fsp3) is 0.250. The molecule has 2 nitrogen and oxygen atoms in total. The van der Waals surface area contributed by atoms with Crippen molar-refractivity contribution in [2.75, 3.05) is 6.61 Å². The van der Waals surface area contributed by atoms with Crippen LogP contribution in [-0.2, 0) is 0 Å². The Morgan fingerprint density at radius 2 is 1.83 bits per heavy atom. The zero-order valence-corrected chi connectivity index (χ0v) is 7.85. The Bertz CT molecular complexity index is 233. The Morgan fingerprint density at radius 1 is 1.25 bits per heavy atom.